The molecule has 0 bridgehead atoms. The average Bonchev–Trinajstić information content (AvgIpc) is 2.97. The molecule has 0 spiro atoms. The summed E-state index contributed by atoms with van der Waals surface area (Å²) < 4.78 is 15.4. The average molecular weight is 576 g/mol. The lowest BCUT2D eigenvalue weighted by Gasteiger charge is -2.17. The van der Waals surface area contributed by atoms with Crippen LogP contribution in [0.25, 0.3) is 0 Å². The second-order valence-electron chi connectivity index (χ2n) is 10.7. The van der Waals surface area contributed by atoms with E-state index in [1.165, 1.54) is 63.9 Å². The van der Waals surface area contributed by atoms with Crippen LogP contribution < -0.4 is 0 Å². The Hall–Kier alpha value is -2.62. The van der Waals surface area contributed by atoms with Crippen LogP contribution >= 0.6 is 0 Å². The molecule has 0 aliphatic rings. The summed E-state index contributed by atoms with van der Waals surface area (Å²) in [4.78, 5) is 35.6. The molecule has 7 heteroatoms. The molecular weight excluding hydrogens is 518 g/mol. The van der Waals surface area contributed by atoms with Gasteiger partial charge in [0, 0.05) is 12.8 Å². The Morgan fingerprint density at radius 3 is 1.66 bits per heavy atom. The van der Waals surface area contributed by atoms with Crippen molar-refractivity contribution < 1.29 is 28.6 Å². The largest absolute Gasteiger partial charge is 0.462 e. The standard InChI is InChI=1S/C34H57NO6/c1-3-5-7-9-11-13-14-15-16-17-18-19-21-23-25-27-33(37)41-31(30-40-34(38)28-35)29-39-32(36)26-24-22-20-12-10-8-6-4-2/h11,13,15-16,31H,3-10,12,14,17-27,29-30H2,1-2H3/b13-11-,16-15-. The Morgan fingerprint density at radius 2 is 1.07 bits per heavy atom. The molecule has 1 unspecified atom stereocenters. The maximum Gasteiger partial charge on any atom is 0.411 e. The fraction of sp³-hybridized carbons (Fsp3) is 0.765. The first kappa shape index (κ1) is 38.4. The third kappa shape index (κ3) is 28.7. The van der Waals surface area contributed by atoms with Gasteiger partial charge in [0.15, 0.2) is 12.2 Å². The van der Waals surface area contributed by atoms with Crippen molar-refractivity contribution in [3.8, 4) is 6.07 Å². The molecule has 0 aliphatic heterocycles. The Balaban J connectivity index is 4.04. The predicted octanol–water partition coefficient (Wildman–Crippen LogP) is 8.85. The van der Waals surface area contributed by atoms with Gasteiger partial charge >= 0.3 is 17.9 Å². The molecule has 0 aromatic heterocycles. The molecular formula is C34H57NO6. The second kappa shape index (κ2) is 30.3. The van der Waals surface area contributed by atoms with Crippen molar-refractivity contribution in [3.05, 3.63) is 24.3 Å². The van der Waals surface area contributed by atoms with Gasteiger partial charge in [-0.3, -0.25) is 9.59 Å². The van der Waals surface area contributed by atoms with Crippen molar-refractivity contribution in [1.29, 1.82) is 5.26 Å². The Morgan fingerprint density at radius 1 is 0.610 bits per heavy atom. The molecule has 0 rings (SSSR count). The van der Waals surface area contributed by atoms with E-state index in [0.29, 0.717) is 12.8 Å². The summed E-state index contributed by atoms with van der Waals surface area (Å²) in [5, 5.41) is 8.63. The minimum atomic E-state index is -1.06. The van der Waals surface area contributed by atoms with Crippen molar-refractivity contribution in [1.82, 2.24) is 0 Å². The lowest BCUT2D eigenvalue weighted by Crippen LogP contribution is -2.30. The molecule has 41 heavy (non-hydrogen) atoms. The molecule has 0 N–H and O–H groups in total. The number of hydrogen-bond acceptors (Lipinski definition) is 7. The van der Waals surface area contributed by atoms with Gasteiger partial charge in [-0.1, -0.05) is 115 Å². The zero-order chi connectivity index (χ0) is 30.2. The molecule has 7 nitrogen and oxygen atoms in total. The molecule has 1 atom stereocenters. The maximum atomic E-state index is 12.3. The highest BCUT2D eigenvalue weighted by Crippen LogP contribution is 2.12. The number of hydrogen-bond donors (Lipinski definition) is 0. The van der Waals surface area contributed by atoms with Crippen molar-refractivity contribution in [2.24, 2.45) is 0 Å². The highest BCUT2D eigenvalue weighted by molar-refractivity contribution is 5.85. The van der Waals surface area contributed by atoms with Gasteiger partial charge in [-0.2, -0.15) is 5.26 Å². The van der Waals surface area contributed by atoms with Crippen LogP contribution in [0.4, 0.5) is 0 Å². The van der Waals surface area contributed by atoms with E-state index in [1.54, 1.807) is 0 Å². The van der Waals surface area contributed by atoms with Gasteiger partial charge in [-0.05, 0) is 44.9 Å². The van der Waals surface area contributed by atoms with E-state index in [2.05, 4.69) is 38.2 Å². The number of nitrogens with zero attached hydrogens (tertiary/aromatic N) is 1. The molecule has 234 valence electrons. The van der Waals surface area contributed by atoms with E-state index in [4.69, 9.17) is 19.5 Å². The first-order chi connectivity index (χ1) is 20.0. The van der Waals surface area contributed by atoms with Crippen LogP contribution in [-0.2, 0) is 28.6 Å². The summed E-state index contributed by atoms with van der Waals surface area (Å²) in [7, 11) is 0. The molecule has 0 heterocycles. The Kier molecular flexibility index (Phi) is 28.4. The van der Waals surface area contributed by atoms with Gasteiger partial charge in [0.25, 0.3) is 0 Å². The molecule has 0 fully saturated rings. The molecule has 0 aliphatic carbocycles. The van der Waals surface area contributed by atoms with Crippen molar-refractivity contribution in [2.75, 3.05) is 13.2 Å². The monoisotopic (exact) mass is 575 g/mol. The lowest BCUT2D eigenvalue weighted by molar-refractivity contribution is -0.165. The smallest absolute Gasteiger partial charge is 0.411 e. The summed E-state index contributed by atoms with van der Waals surface area (Å²) in [5.41, 5.74) is 0. The molecule has 0 amide bonds. The van der Waals surface area contributed by atoms with Crippen LogP contribution in [-0.4, -0.2) is 37.2 Å². The van der Waals surface area contributed by atoms with Crippen molar-refractivity contribution >= 4 is 17.9 Å². The van der Waals surface area contributed by atoms with Crippen LogP contribution in [0.15, 0.2) is 24.3 Å². The predicted molar refractivity (Wildman–Crippen MR) is 164 cm³/mol. The van der Waals surface area contributed by atoms with Gasteiger partial charge in [-0.25, -0.2) is 4.79 Å². The number of unbranched alkanes of at least 4 members (excludes halogenated alkanes) is 15. The van der Waals surface area contributed by atoms with E-state index >= 15 is 0 Å². The van der Waals surface area contributed by atoms with Crippen LogP contribution in [0.2, 0.25) is 0 Å². The summed E-state index contributed by atoms with van der Waals surface area (Å²) >= 11 is 0. The number of carbonyl (C=O) groups is 3. The van der Waals surface area contributed by atoms with Crippen LogP contribution in [0, 0.1) is 11.3 Å². The van der Waals surface area contributed by atoms with Gasteiger partial charge < -0.3 is 14.2 Å². The summed E-state index contributed by atoms with van der Waals surface area (Å²) in [6.45, 7) is 3.91. The fourth-order valence-corrected chi connectivity index (χ4v) is 4.30. The molecule has 0 aromatic carbocycles. The summed E-state index contributed by atoms with van der Waals surface area (Å²) in [5.74, 6) is -1.85. The Labute approximate surface area is 250 Å². The highest BCUT2D eigenvalue weighted by atomic mass is 16.6. The van der Waals surface area contributed by atoms with E-state index in [9.17, 15) is 14.4 Å². The highest BCUT2D eigenvalue weighted by Gasteiger charge is 2.19. The minimum absolute atomic E-state index is 0.192. The van der Waals surface area contributed by atoms with E-state index < -0.39 is 18.0 Å². The van der Waals surface area contributed by atoms with E-state index in [0.717, 1.165) is 57.8 Å². The molecule has 0 saturated carbocycles. The number of ether oxygens (including phenoxy) is 3. The van der Waals surface area contributed by atoms with Gasteiger partial charge in [0.2, 0.25) is 0 Å². The zero-order valence-corrected chi connectivity index (χ0v) is 26.0. The van der Waals surface area contributed by atoms with Crippen LogP contribution in [0.1, 0.15) is 149 Å². The number of carbonyl (C=O) groups excluding carboxylic acids is 3. The number of rotatable bonds is 28. The molecule has 0 radical (unpaired) electrons. The van der Waals surface area contributed by atoms with Crippen molar-refractivity contribution in [2.45, 2.75) is 155 Å². The van der Waals surface area contributed by atoms with E-state index in [1.807, 2.05) is 0 Å². The third-order valence-corrected chi connectivity index (χ3v) is 6.79. The van der Waals surface area contributed by atoms with Gasteiger partial charge in [0.1, 0.15) is 13.2 Å². The zero-order valence-electron chi connectivity index (χ0n) is 26.0. The van der Waals surface area contributed by atoms with E-state index in [-0.39, 0.29) is 25.6 Å². The van der Waals surface area contributed by atoms with Crippen LogP contribution in [0.5, 0.6) is 0 Å². The van der Waals surface area contributed by atoms with Crippen LogP contribution in [0.3, 0.4) is 0 Å². The first-order valence-corrected chi connectivity index (χ1v) is 16.2. The third-order valence-electron chi connectivity index (χ3n) is 6.79. The maximum absolute atomic E-state index is 12.3. The number of nitriles is 1. The molecule has 0 saturated heterocycles. The number of esters is 3. The number of allylic oxidation sites excluding steroid dienone is 4. The first-order valence-electron chi connectivity index (χ1n) is 16.2. The van der Waals surface area contributed by atoms with Gasteiger partial charge in [0.05, 0.1) is 0 Å². The van der Waals surface area contributed by atoms with Gasteiger partial charge in [-0.15, -0.1) is 0 Å². The summed E-state index contributed by atoms with van der Waals surface area (Å²) in [6.07, 6.45) is 29.7. The Bertz CT molecular complexity index is 755. The minimum Gasteiger partial charge on any atom is -0.462 e. The second-order valence-corrected chi connectivity index (χ2v) is 10.7. The normalized spacial score (nSPS) is 11.9. The quantitative estimate of drug-likeness (QED) is 0.0302. The fourth-order valence-electron chi connectivity index (χ4n) is 4.30. The topological polar surface area (TPSA) is 103 Å². The SMILES string of the molecule is CCCCC/C=C\C/C=C\CCCCCCCC(=O)OC(COC(=O)C#N)COC(=O)CCCCCCCCCC. The summed E-state index contributed by atoms with van der Waals surface area (Å²) in [6, 6.07) is 1.36. The van der Waals surface area contributed by atoms with Crippen molar-refractivity contribution in [3.63, 3.8) is 0 Å². The molecule has 0 aromatic rings. The lowest BCUT2D eigenvalue weighted by atomic mass is 10.1.